The Balaban J connectivity index is 0.00000242. The van der Waals surface area contributed by atoms with Crippen molar-refractivity contribution in [3.8, 4) is 5.75 Å². The highest BCUT2D eigenvalue weighted by Crippen LogP contribution is 2.28. The Bertz CT molecular complexity index is 630. The van der Waals surface area contributed by atoms with Crippen LogP contribution in [-0.2, 0) is 0 Å². The number of alkyl halides is 3. The van der Waals surface area contributed by atoms with Crippen LogP contribution in [0.15, 0.2) is 42.5 Å². The van der Waals surface area contributed by atoms with Crippen LogP contribution in [0.2, 0.25) is 5.02 Å². The van der Waals surface area contributed by atoms with Gasteiger partial charge >= 0.3 is 6.36 Å². The van der Waals surface area contributed by atoms with Gasteiger partial charge in [0.2, 0.25) is 0 Å². The van der Waals surface area contributed by atoms with Crippen molar-refractivity contribution in [1.29, 1.82) is 0 Å². The lowest BCUT2D eigenvalue weighted by Crippen LogP contribution is -2.17. The first kappa shape index (κ1) is 18.6. The average molecular weight is 352 g/mol. The van der Waals surface area contributed by atoms with Crippen molar-refractivity contribution in [1.82, 2.24) is 0 Å². The molecule has 120 valence electrons. The Morgan fingerprint density at radius 1 is 1.09 bits per heavy atom. The van der Waals surface area contributed by atoms with Gasteiger partial charge < -0.3 is 10.5 Å². The van der Waals surface area contributed by atoms with Crippen molar-refractivity contribution >= 4 is 24.0 Å². The van der Waals surface area contributed by atoms with Crippen LogP contribution in [0.5, 0.6) is 5.75 Å². The zero-order valence-electron chi connectivity index (χ0n) is 11.5. The molecule has 0 fully saturated rings. The van der Waals surface area contributed by atoms with Crippen LogP contribution < -0.4 is 10.5 Å². The molecule has 0 aromatic heterocycles. The third-order valence-electron chi connectivity index (χ3n) is 3.04. The maximum atomic E-state index is 12.1. The normalized spacial score (nSPS) is 12.5. The molecular weight excluding hydrogens is 338 g/mol. The van der Waals surface area contributed by atoms with Crippen molar-refractivity contribution in [2.24, 2.45) is 5.73 Å². The van der Waals surface area contributed by atoms with Gasteiger partial charge in [-0.1, -0.05) is 29.8 Å². The van der Waals surface area contributed by atoms with E-state index in [0.717, 1.165) is 11.1 Å². The maximum absolute atomic E-state index is 12.1. The molecule has 2 N–H and O–H groups in total. The Morgan fingerprint density at radius 2 is 1.68 bits per heavy atom. The lowest BCUT2D eigenvalue weighted by molar-refractivity contribution is -0.274. The standard InChI is InChI=1S/C15H13ClF3NO.ClH/c1-9-8-11(16)4-7-13(9)14(20)10-2-5-12(6-3-10)21-15(17,18)19;/h2-8,14H,20H2,1H3;1H/t14-;/m1./s1. The average Bonchev–Trinajstić information content (AvgIpc) is 2.37. The number of halogens is 5. The van der Waals surface area contributed by atoms with Crippen LogP contribution in [0.4, 0.5) is 13.2 Å². The molecule has 2 rings (SSSR count). The zero-order chi connectivity index (χ0) is 15.6. The first-order valence-electron chi connectivity index (χ1n) is 6.13. The van der Waals surface area contributed by atoms with Crippen LogP contribution in [-0.4, -0.2) is 6.36 Å². The van der Waals surface area contributed by atoms with Crippen LogP contribution in [0, 0.1) is 6.92 Å². The smallest absolute Gasteiger partial charge is 0.406 e. The number of hydrogen-bond acceptors (Lipinski definition) is 2. The molecule has 0 saturated carbocycles. The van der Waals surface area contributed by atoms with Crippen molar-refractivity contribution in [2.75, 3.05) is 0 Å². The van der Waals surface area contributed by atoms with E-state index in [1.165, 1.54) is 24.3 Å². The van der Waals surface area contributed by atoms with E-state index in [9.17, 15) is 13.2 Å². The van der Waals surface area contributed by atoms with Gasteiger partial charge in [0.25, 0.3) is 0 Å². The largest absolute Gasteiger partial charge is 0.573 e. The lowest BCUT2D eigenvalue weighted by Gasteiger charge is -2.16. The van der Waals surface area contributed by atoms with E-state index in [4.69, 9.17) is 17.3 Å². The molecule has 0 saturated heterocycles. The Morgan fingerprint density at radius 3 is 2.18 bits per heavy atom. The van der Waals surface area contributed by atoms with E-state index in [-0.39, 0.29) is 18.2 Å². The summed E-state index contributed by atoms with van der Waals surface area (Å²) in [7, 11) is 0. The summed E-state index contributed by atoms with van der Waals surface area (Å²) < 4.78 is 40.1. The Labute approximate surface area is 137 Å². The van der Waals surface area contributed by atoms with E-state index < -0.39 is 12.4 Å². The third kappa shape index (κ3) is 4.80. The molecule has 1 atom stereocenters. The topological polar surface area (TPSA) is 35.2 Å². The van der Waals surface area contributed by atoms with Gasteiger partial charge in [-0.3, -0.25) is 0 Å². The van der Waals surface area contributed by atoms with Gasteiger partial charge in [0, 0.05) is 5.02 Å². The summed E-state index contributed by atoms with van der Waals surface area (Å²) >= 11 is 5.89. The van der Waals surface area contributed by atoms with Gasteiger partial charge in [-0.2, -0.15) is 0 Å². The summed E-state index contributed by atoms with van der Waals surface area (Å²) in [4.78, 5) is 0. The summed E-state index contributed by atoms with van der Waals surface area (Å²) in [6.07, 6.45) is -4.70. The number of benzene rings is 2. The van der Waals surface area contributed by atoms with Crippen molar-refractivity contribution < 1.29 is 17.9 Å². The van der Waals surface area contributed by atoms with Crippen LogP contribution in [0.1, 0.15) is 22.7 Å². The molecule has 2 aromatic carbocycles. The predicted octanol–water partition coefficient (Wildman–Crippen LogP) is 5.02. The van der Waals surface area contributed by atoms with Crippen LogP contribution >= 0.6 is 24.0 Å². The maximum Gasteiger partial charge on any atom is 0.573 e. The van der Waals surface area contributed by atoms with Crippen molar-refractivity contribution in [2.45, 2.75) is 19.3 Å². The first-order chi connectivity index (χ1) is 9.76. The molecule has 7 heteroatoms. The highest BCUT2D eigenvalue weighted by molar-refractivity contribution is 6.30. The number of rotatable bonds is 3. The number of aryl methyl sites for hydroxylation is 1. The molecule has 0 aliphatic heterocycles. The number of nitrogens with two attached hydrogens (primary N) is 1. The molecule has 0 aliphatic carbocycles. The highest BCUT2D eigenvalue weighted by atomic mass is 35.5. The fourth-order valence-corrected chi connectivity index (χ4v) is 2.27. The third-order valence-corrected chi connectivity index (χ3v) is 3.27. The van der Waals surface area contributed by atoms with Gasteiger partial charge in [0.15, 0.2) is 0 Å². The predicted molar refractivity (Wildman–Crippen MR) is 82.6 cm³/mol. The monoisotopic (exact) mass is 351 g/mol. The van der Waals surface area contributed by atoms with Gasteiger partial charge in [0.05, 0.1) is 6.04 Å². The summed E-state index contributed by atoms with van der Waals surface area (Å²) in [6, 6.07) is 10.4. The molecule has 2 aromatic rings. The van der Waals surface area contributed by atoms with Gasteiger partial charge in [0.1, 0.15) is 5.75 Å². The van der Waals surface area contributed by atoms with E-state index >= 15 is 0 Å². The van der Waals surface area contributed by atoms with Crippen LogP contribution in [0.3, 0.4) is 0 Å². The van der Waals surface area contributed by atoms with E-state index in [0.29, 0.717) is 10.6 Å². The Hall–Kier alpha value is -1.43. The summed E-state index contributed by atoms with van der Waals surface area (Å²) in [5.41, 5.74) is 8.61. The van der Waals surface area contributed by atoms with Crippen molar-refractivity contribution in [3.63, 3.8) is 0 Å². The molecule has 0 heterocycles. The fraction of sp³-hybridized carbons (Fsp3) is 0.200. The second-order valence-electron chi connectivity index (χ2n) is 4.60. The molecular formula is C15H14Cl2F3NO. The van der Waals surface area contributed by atoms with Gasteiger partial charge in [-0.25, -0.2) is 0 Å². The number of ether oxygens (including phenoxy) is 1. The van der Waals surface area contributed by atoms with E-state index in [1.54, 1.807) is 12.1 Å². The SMILES string of the molecule is Cc1cc(Cl)ccc1[C@H](N)c1ccc(OC(F)(F)F)cc1.Cl. The molecule has 0 unspecified atom stereocenters. The summed E-state index contributed by atoms with van der Waals surface area (Å²) in [5.74, 6) is -0.272. The molecule has 22 heavy (non-hydrogen) atoms. The fourth-order valence-electron chi connectivity index (χ4n) is 2.04. The Kier molecular flexibility index (Phi) is 6.11. The van der Waals surface area contributed by atoms with E-state index in [2.05, 4.69) is 4.74 Å². The summed E-state index contributed by atoms with van der Waals surface area (Å²) in [5, 5.41) is 0.609. The van der Waals surface area contributed by atoms with Crippen molar-refractivity contribution in [3.05, 3.63) is 64.2 Å². The van der Waals surface area contributed by atoms with Crippen LogP contribution in [0.25, 0.3) is 0 Å². The van der Waals surface area contributed by atoms with Gasteiger partial charge in [-0.05, 0) is 47.9 Å². The number of hydrogen-bond donors (Lipinski definition) is 1. The molecule has 0 spiro atoms. The molecule has 0 radical (unpaired) electrons. The minimum Gasteiger partial charge on any atom is -0.406 e. The molecule has 2 nitrogen and oxygen atoms in total. The minimum absolute atomic E-state index is 0. The molecule has 0 aliphatic rings. The lowest BCUT2D eigenvalue weighted by atomic mass is 9.96. The first-order valence-corrected chi connectivity index (χ1v) is 6.51. The minimum atomic E-state index is -4.70. The quantitative estimate of drug-likeness (QED) is 0.842. The second kappa shape index (κ2) is 7.22. The molecule has 0 bridgehead atoms. The van der Waals surface area contributed by atoms with E-state index in [1.807, 2.05) is 13.0 Å². The molecule has 0 amide bonds. The van der Waals surface area contributed by atoms with Gasteiger partial charge in [-0.15, -0.1) is 25.6 Å². The zero-order valence-corrected chi connectivity index (χ0v) is 13.1. The highest BCUT2D eigenvalue weighted by Gasteiger charge is 2.31. The second-order valence-corrected chi connectivity index (χ2v) is 5.03. The summed E-state index contributed by atoms with van der Waals surface area (Å²) in [6.45, 7) is 1.88.